The summed E-state index contributed by atoms with van der Waals surface area (Å²) in [6.07, 6.45) is 6.89. The van der Waals surface area contributed by atoms with Crippen LogP contribution in [-0.2, 0) is 17.9 Å². The van der Waals surface area contributed by atoms with E-state index >= 15 is 0 Å². The maximum Gasteiger partial charge on any atom is 0.293 e. The first-order valence-corrected chi connectivity index (χ1v) is 12.0. The Labute approximate surface area is 213 Å². The van der Waals surface area contributed by atoms with Crippen molar-refractivity contribution in [1.82, 2.24) is 29.8 Å². The van der Waals surface area contributed by atoms with E-state index in [0.717, 1.165) is 27.9 Å². The third kappa shape index (κ3) is 5.56. The first kappa shape index (κ1) is 23.9. The van der Waals surface area contributed by atoms with Gasteiger partial charge in [-0.2, -0.15) is 0 Å². The minimum Gasteiger partial charge on any atom is -0.364 e. The minimum absolute atomic E-state index is 0.0763. The van der Waals surface area contributed by atoms with Crippen molar-refractivity contribution in [3.05, 3.63) is 118 Å². The lowest BCUT2D eigenvalue weighted by Gasteiger charge is -2.18. The zero-order chi connectivity index (χ0) is 25.6. The highest BCUT2D eigenvalue weighted by atomic mass is 16.2. The number of fused-ring (bicyclic) bond motifs is 1. The number of aromatic nitrogens is 5. The molecular formula is C28H27N7O2. The Morgan fingerprint density at radius 2 is 1.86 bits per heavy atom. The Bertz CT molecular complexity index is 1520. The van der Waals surface area contributed by atoms with E-state index in [1.807, 2.05) is 66.9 Å². The molecule has 9 nitrogen and oxygen atoms in total. The quantitative estimate of drug-likeness (QED) is 0.290. The monoisotopic (exact) mass is 493 g/mol. The Kier molecular flexibility index (Phi) is 7.02. The molecule has 1 amide bonds. The number of rotatable bonds is 9. The van der Waals surface area contributed by atoms with Crippen molar-refractivity contribution >= 4 is 22.8 Å². The van der Waals surface area contributed by atoms with Crippen molar-refractivity contribution < 1.29 is 4.79 Å². The molecule has 4 aromatic heterocycles. The lowest BCUT2D eigenvalue weighted by molar-refractivity contribution is -0.121. The van der Waals surface area contributed by atoms with E-state index in [2.05, 4.69) is 30.6 Å². The van der Waals surface area contributed by atoms with Gasteiger partial charge in [-0.3, -0.25) is 19.1 Å². The van der Waals surface area contributed by atoms with Gasteiger partial charge in [0.05, 0.1) is 0 Å². The van der Waals surface area contributed by atoms with Gasteiger partial charge in [-0.25, -0.2) is 9.97 Å². The number of benzene rings is 1. The first-order chi connectivity index (χ1) is 18.1. The van der Waals surface area contributed by atoms with E-state index in [1.54, 1.807) is 25.5 Å². The molecule has 0 aliphatic heterocycles. The number of carbonyl (C=O) groups excluding carboxylic acids is 1. The van der Waals surface area contributed by atoms with Crippen molar-refractivity contribution in [3.8, 4) is 0 Å². The number of nitrogens with one attached hydrogen (secondary N) is 3. The number of pyridine rings is 2. The molecule has 1 atom stereocenters. The van der Waals surface area contributed by atoms with Crippen LogP contribution in [0.1, 0.15) is 28.4 Å². The van der Waals surface area contributed by atoms with E-state index in [-0.39, 0.29) is 29.7 Å². The lowest BCUT2D eigenvalue weighted by Crippen LogP contribution is -2.35. The molecule has 0 saturated heterocycles. The average molecular weight is 494 g/mol. The van der Waals surface area contributed by atoms with Crippen molar-refractivity contribution in [2.45, 2.75) is 25.9 Å². The summed E-state index contributed by atoms with van der Waals surface area (Å²) >= 11 is 0. The summed E-state index contributed by atoms with van der Waals surface area (Å²) in [6.45, 7) is 2.40. The van der Waals surface area contributed by atoms with Gasteiger partial charge in [0.15, 0.2) is 5.82 Å². The molecule has 0 fully saturated rings. The third-order valence-corrected chi connectivity index (χ3v) is 6.22. The summed E-state index contributed by atoms with van der Waals surface area (Å²) in [4.78, 5) is 42.2. The van der Waals surface area contributed by atoms with Gasteiger partial charge in [-0.1, -0.05) is 36.4 Å². The van der Waals surface area contributed by atoms with Crippen molar-refractivity contribution in [2.24, 2.45) is 0 Å². The summed E-state index contributed by atoms with van der Waals surface area (Å²) in [5, 5.41) is 7.04. The van der Waals surface area contributed by atoms with Crippen LogP contribution in [0.3, 0.4) is 0 Å². The molecule has 0 saturated carbocycles. The van der Waals surface area contributed by atoms with Crippen LogP contribution in [0.25, 0.3) is 11.0 Å². The number of anilines is 1. The zero-order valence-electron chi connectivity index (χ0n) is 20.4. The van der Waals surface area contributed by atoms with Crippen LogP contribution in [0.4, 0.5) is 5.82 Å². The van der Waals surface area contributed by atoms with E-state index in [0.29, 0.717) is 18.8 Å². The van der Waals surface area contributed by atoms with Gasteiger partial charge >= 0.3 is 0 Å². The lowest BCUT2D eigenvalue weighted by atomic mass is 9.95. The molecule has 186 valence electrons. The standard InChI is InChI=1S/C28H27N7O2/c1-19-14-32-27(34-17-23(21-7-3-2-4-8-21)24-9-5-6-11-29-24)28(37)35(19)18-25(36)31-15-20-13-22-10-12-30-26(22)33-16-20/h2-14,16,23H,15,17-18H2,1H3,(H,30,33)(H,31,36)(H,32,34). The van der Waals surface area contributed by atoms with Gasteiger partial charge in [0, 0.05) is 60.6 Å². The number of amides is 1. The van der Waals surface area contributed by atoms with Gasteiger partial charge in [0.1, 0.15) is 12.2 Å². The van der Waals surface area contributed by atoms with Crippen LogP contribution in [0, 0.1) is 6.92 Å². The zero-order valence-corrected chi connectivity index (χ0v) is 20.4. The molecule has 0 aliphatic carbocycles. The van der Waals surface area contributed by atoms with Crippen molar-refractivity contribution in [1.29, 1.82) is 0 Å². The molecule has 5 rings (SSSR count). The van der Waals surface area contributed by atoms with Crippen molar-refractivity contribution in [3.63, 3.8) is 0 Å². The van der Waals surface area contributed by atoms with E-state index in [1.165, 1.54) is 4.57 Å². The van der Waals surface area contributed by atoms with Gasteiger partial charge in [-0.15, -0.1) is 0 Å². The summed E-state index contributed by atoms with van der Waals surface area (Å²) in [7, 11) is 0. The Morgan fingerprint density at radius 3 is 2.68 bits per heavy atom. The topological polar surface area (TPSA) is 118 Å². The average Bonchev–Trinajstić information content (AvgIpc) is 3.40. The van der Waals surface area contributed by atoms with Crippen LogP contribution in [0.15, 0.2) is 90.2 Å². The fourth-order valence-electron chi connectivity index (χ4n) is 4.23. The minimum atomic E-state index is -0.349. The molecule has 0 aliphatic rings. The Balaban J connectivity index is 1.28. The van der Waals surface area contributed by atoms with E-state index in [9.17, 15) is 9.59 Å². The Morgan fingerprint density at radius 1 is 1.03 bits per heavy atom. The molecule has 9 heteroatoms. The SMILES string of the molecule is Cc1cnc(NCC(c2ccccc2)c2ccccn2)c(=O)n1CC(=O)NCc1cnc2[nH]ccc2c1. The van der Waals surface area contributed by atoms with Crippen LogP contribution in [0.2, 0.25) is 0 Å². The smallest absolute Gasteiger partial charge is 0.293 e. The number of aromatic amines is 1. The maximum absolute atomic E-state index is 13.2. The van der Waals surface area contributed by atoms with E-state index in [4.69, 9.17) is 0 Å². The Hall–Kier alpha value is -4.79. The summed E-state index contributed by atoms with van der Waals surface area (Å²) in [5.41, 5.74) is 3.90. The number of nitrogens with zero attached hydrogens (tertiary/aromatic N) is 4. The number of carbonyl (C=O) groups is 1. The summed E-state index contributed by atoms with van der Waals surface area (Å²) < 4.78 is 1.43. The molecule has 37 heavy (non-hydrogen) atoms. The van der Waals surface area contributed by atoms with Crippen molar-refractivity contribution in [2.75, 3.05) is 11.9 Å². The number of hydrogen-bond acceptors (Lipinski definition) is 6. The first-order valence-electron chi connectivity index (χ1n) is 12.0. The van der Waals surface area contributed by atoms with Gasteiger partial charge in [0.2, 0.25) is 5.91 Å². The van der Waals surface area contributed by atoms with Crippen LogP contribution in [0.5, 0.6) is 0 Å². The second-order valence-electron chi connectivity index (χ2n) is 8.77. The molecule has 0 bridgehead atoms. The molecular weight excluding hydrogens is 466 g/mol. The second kappa shape index (κ2) is 10.9. The normalized spacial score (nSPS) is 11.8. The third-order valence-electron chi connectivity index (χ3n) is 6.22. The maximum atomic E-state index is 13.2. The number of hydrogen-bond donors (Lipinski definition) is 3. The van der Waals surface area contributed by atoms with Crippen LogP contribution >= 0.6 is 0 Å². The van der Waals surface area contributed by atoms with Gasteiger partial charge < -0.3 is 15.6 Å². The highest BCUT2D eigenvalue weighted by molar-refractivity contribution is 5.77. The van der Waals surface area contributed by atoms with Crippen LogP contribution in [-0.4, -0.2) is 37.0 Å². The highest BCUT2D eigenvalue weighted by Gasteiger charge is 2.17. The summed E-state index contributed by atoms with van der Waals surface area (Å²) in [6, 6.07) is 19.7. The molecule has 0 radical (unpaired) electrons. The number of aryl methyl sites for hydroxylation is 1. The van der Waals surface area contributed by atoms with Crippen LogP contribution < -0.4 is 16.2 Å². The van der Waals surface area contributed by atoms with Gasteiger partial charge in [0.25, 0.3) is 5.56 Å². The highest BCUT2D eigenvalue weighted by Crippen LogP contribution is 2.23. The fourth-order valence-corrected chi connectivity index (χ4v) is 4.23. The molecule has 4 heterocycles. The largest absolute Gasteiger partial charge is 0.364 e. The molecule has 1 unspecified atom stereocenters. The van der Waals surface area contributed by atoms with Gasteiger partial charge in [-0.05, 0) is 42.3 Å². The number of H-pyrrole nitrogens is 1. The molecule has 5 aromatic rings. The molecule has 0 spiro atoms. The predicted octanol–water partition coefficient (Wildman–Crippen LogP) is 3.38. The predicted molar refractivity (Wildman–Crippen MR) is 142 cm³/mol. The second-order valence-corrected chi connectivity index (χ2v) is 8.77. The molecule has 3 N–H and O–H groups in total. The molecule has 1 aromatic carbocycles. The van der Waals surface area contributed by atoms with E-state index < -0.39 is 0 Å². The summed E-state index contributed by atoms with van der Waals surface area (Å²) in [5.74, 6) is -0.155. The fraction of sp³-hybridized carbons (Fsp3) is 0.179.